The normalized spacial score (nSPS) is 21.8. The second-order valence-corrected chi connectivity index (χ2v) is 7.93. The largest absolute Gasteiger partial charge is 0.493 e. The summed E-state index contributed by atoms with van der Waals surface area (Å²) in [5.74, 6) is 1.72. The maximum Gasteiger partial charge on any atom is 0.243 e. The van der Waals surface area contributed by atoms with E-state index in [4.69, 9.17) is 14.6 Å². The van der Waals surface area contributed by atoms with Gasteiger partial charge in [0.1, 0.15) is 5.60 Å². The molecule has 0 bridgehead atoms. The highest BCUT2D eigenvalue weighted by Gasteiger charge is 2.36. The first-order valence-corrected chi connectivity index (χ1v) is 9.48. The van der Waals surface area contributed by atoms with Crippen molar-refractivity contribution in [3.8, 4) is 11.5 Å². The van der Waals surface area contributed by atoms with Crippen molar-refractivity contribution in [1.82, 2.24) is 10.3 Å². The number of carbonyl (C=O) groups excluding carboxylic acids is 1. The van der Waals surface area contributed by atoms with Crippen molar-refractivity contribution < 1.29 is 14.3 Å². The molecule has 0 aromatic heterocycles. The van der Waals surface area contributed by atoms with Gasteiger partial charge in [-0.25, -0.2) is 5.01 Å². The van der Waals surface area contributed by atoms with Gasteiger partial charge in [0.15, 0.2) is 11.5 Å². The number of fused-ring (bicyclic) bond motifs is 1. The van der Waals surface area contributed by atoms with Gasteiger partial charge in [-0.2, -0.15) is 5.10 Å². The number of halogens is 1. The summed E-state index contributed by atoms with van der Waals surface area (Å²) in [6, 6.07) is 4.22. The van der Waals surface area contributed by atoms with Crippen molar-refractivity contribution in [1.29, 1.82) is 0 Å². The average molecular weight is 394 g/mol. The first-order chi connectivity index (χ1) is 12.5. The number of hydrogen-bond acceptors (Lipinski definition) is 5. The summed E-state index contributed by atoms with van der Waals surface area (Å²) < 4.78 is 11.6. The molecule has 1 saturated heterocycles. The van der Waals surface area contributed by atoms with Crippen LogP contribution in [0.5, 0.6) is 11.5 Å². The molecule has 1 N–H and O–H groups in total. The molecule has 7 heteroatoms. The van der Waals surface area contributed by atoms with Gasteiger partial charge in [-0.05, 0) is 51.9 Å². The van der Waals surface area contributed by atoms with Crippen molar-refractivity contribution >= 4 is 24.0 Å². The van der Waals surface area contributed by atoms with E-state index in [0.29, 0.717) is 12.8 Å². The summed E-state index contributed by atoms with van der Waals surface area (Å²) in [7, 11) is 1.67. The number of nitrogens with one attached hydrogen (secondary N) is 1. The lowest BCUT2D eigenvalue weighted by Gasteiger charge is -2.34. The smallest absolute Gasteiger partial charge is 0.243 e. The van der Waals surface area contributed by atoms with Gasteiger partial charge in [0.25, 0.3) is 0 Å². The molecule has 3 aliphatic heterocycles. The molecule has 1 fully saturated rings. The number of rotatable bonds is 3. The van der Waals surface area contributed by atoms with Crippen molar-refractivity contribution in [2.24, 2.45) is 5.10 Å². The predicted molar refractivity (Wildman–Crippen MR) is 107 cm³/mol. The minimum atomic E-state index is -0.258. The van der Waals surface area contributed by atoms with Crippen LogP contribution in [0.25, 0.3) is 0 Å². The van der Waals surface area contributed by atoms with Crippen molar-refractivity contribution in [3.05, 3.63) is 23.3 Å². The fraction of sp³-hybridized carbons (Fsp3) is 0.600. The number of methoxy groups -OCH3 is 1. The fourth-order valence-corrected chi connectivity index (χ4v) is 4.16. The molecule has 0 radical (unpaired) electrons. The number of amides is 1. The van der Waals surface area contributed by atoms with Gasteiger partial charge in [0.05, 0.1) is 18.9 Å². The Balaban J connectivity index is 0.00000210. The van der Waals surface area contributed by atoms with Gasteiger partial charge < -0.3 is 14.8 Å². The molecule has 3 aliphatic rings. The van der Waals surface area contributed by atoms with Crippen molar-refractivity contribution in [2.45, 2.75) is 57.6 Å². The summed E-state index contributed by atoms with van der Waals surface area (Å²) in [6.07, 6.45) is 3.93. The minimum absolute atomic E-state index is 0. The van der Waals surface area contributed by atoms with E-state index >= 15 is 0 Å². The number of benzene rings is 1. The Hall–Kier alpha value is -1.79. The maximum absolute atomic E-state index is 12.5. The molecule has 6 nitrogen and oxygen atoms in total. The third kappa shape index (κ3) is 3.78. The highest BCUT2D eigenvalue weighted by atomic mass is 35.5. The second kappa shape index (κ2) is 7.68. The molecule has 148 valence electrons. The van der Waals surface area contributed by atoms with E-state index in [1.165, 1.54) is 0 Å². The Morgan fingerprint density at radius 2 is 2.00 bits per heavy atom. The molecule has 0 aliphatic carbocycles. The molecule has 27 heavy (non-hydrogen) atoms. The zero-order valence-corrected chi connectivity index (χ0v) is 17.0. The van der Waals surface area contributed by atoms with Crippen LogP contribution in [0.3, 0.4) is 0 Å². The van der Waals surface area contributed by atoms with E-state index in [2.05, 4.69) is 25.2 Å². The fourth-order valence-electron chi connectivity index (χ4n) is 4.16. The van der Waals surface area contributed by atoms with E-state index in [1.807, 2.05) is 6.07 Å². The summed E-state index contributed by atoms with van der Waals surface area (Å²) in [6.45, 7) is 6.06. The molecule has 1 aromatic rings. The van der Waals surface area contributed by atoms with Crippen LogP contribution in [-0.4, -0.2) is 48.5 Å². The minimum Gasteiger partial charge on any atom is -0.493 e. The van der Waals surface area contributed by atoms with E-state index in [-0.39, 0.29) is 30.0 Å². The topological polar surface area (TPSA) is 63.2 Å². The lowest BCUT2D eigenvalue weighted by molar-refractivity contribution is -0.134. The number of ether oxygens (including phenoxy) is 2. The van der Waals surface area contributed by atoms with Crippen LogP contribution in [0.1, 0.15) is 50.7 Å². The van der Waals surface area contributed by atoms with Crippen LogP contribution >= 0.6 is 12.4 Å². The summed E-state index contributed by atoms with van der Waals surface area (Å²) in [5.41, 5.74) is 2.97. The second-order valence-electron chi connectivity index (χ2n) is 7.93. The van der Waals surface area contributed by atoms with Crippen LogP contribution in [0.2, 0.25) is 0 Å². The van der Waals surface area contributed by atoms with E-state index in [9.17, 15) is 4.79 Å². The molecule has 3 heterocycles. The molecular formula is C20H28ClN3O3. The molecule has 4 rings (SSSR count). The zero-order valence-electron chi connectivity index (χ0n) is 16.2. The highest BCUT2D eigenvalue weighted by Crippen LogP contribution is 2.44. The first kappa shape index (κ1) is 20.0. The third-order valence-corrected chi connectivity index (χ3v) is 5.45. The monoisotopic (exact) mass is 393 g/mol. The van der Waals surface area contributed by atoms with E-state index < -0.39 is 0 Å². The molecule has 0 unspecified atom stereocenters. The Kier molecular flexibility index (Phi) is 5.68. The van der Waals surface area contributed by atoms with Gasteiger partial charge in [0, 0.05) is 30.4 Å². The predicted octanol–water partition coefficient (Wildman–Crippen LogP) is 2.91. The molecule has 0 saturated carbocycles. The summed E-state index contributed by atoms with van der Waals surface area (Å²) in [5, 5.41) is 9.91. The van der Waals surface area contributed by atoms with Gasteiger partial charge in [-0.3, -0.25) is 4.79 Å². The van der Waals surface area contributed by atoms with Gasteiger partial charge in [-0.15, -0.1) is 12.4 Å². The summed E-state index contributed by atoms with van der Waals surface area (Å²) >= 11 is 0. The van der Waals surface area contributed by atoms with Crippen LogP contribution in [0, 0.1) is 0 Å². The summed E-state index contributed by atoms with van der Waals surface area (Å²) in [4.78, 5) is 12.5. The quantitative estimate of drug-likeness (QED) is 0.857. The van der Waals surface area contributed by atoms with Crippen LogP contribution in [0.15, 0.2) is 17.2 Å². The standard InChI is InChI=1S/C20H27N3O3.ClH/c1-20(2)12-15-14(4-6-17(25-3)19(15)26-20)16-5-7-18(24)23(22-16)13-8-10-21-11-9-13;/h4,6,13,21H,5,7-12H2,1-3H3;1H. The van der Waals surface area contributed by atoms with Crippen LogP contribution in [-0.2, 0) is 11.2 Å². The Labute approximate surface area is 166 Å². The number of piperidine rings is 1. The number of hydrogen-bond donors (Lipinski definition) is 1. The molecule has 0 spiro atoms. The highest BCUT2D eigenvalue weighted by molar-refractivity contribution is 6.06. The van der Waals surface area contributed by atoms with Crippen molar-refractivity contribution in [3.63, 3.8) is 0 Å². The van der Waals surface area contributed by atoms with Crippen LogP contribution < -0.4 is 14.8 Å². The Morgan fingerprint density at radius 1 is 1.26 bits per heavy atom. The van der Waals surface area contributed by atoms with E-state index in [1.54, 1.807) is 12.1 Å². The number of hydrazone groups is 1. The number of nitrogens with zero attached hydrogens (tertiary/aromatic N) is 2. The number of carbonyl (C=O) groups is 1. The maximum atomic E-state index is 12.5. The van der Waals surface area contributed by atoms with Gasteiger partial charge in [0.2, 0.25) is 5.91 Å². The molecule has 1 amide bonds. The Bertz CT molecular complexity index is 757. The molecule has 0 atom stereocenters. The first-order valence-electron chi connectivity index (χ1n) is 9.48. The SMILES string of the molecule is COc1ccc(C2=NN(C3CCNCC3)C(=O)CC2)c2c1OC(C)(C)C2.Cl. The third-order valence-electron chi connectivity index (χ3n) is 5.45. The average Bonchev–Trinajstić information content (AvgIpc) is 2.97. The lowest BCUT2D eigenvalue weighted by Crippen LogP contribution is -2.45. The van der Waals surface area contributed by atoms with Crippen LogP contribution in [0.4, 0.5) is 0 Å². The molecular weight excluding hydrogens is 366 g/mol. The molecule has 1 aromatic carbocycles. The van der Waals surface area contributed by atoms with Gasteiger partial charge >= 0.3 is 0 Å². The van der Waals surface area contributed by atoms with Crippen molar-refractivity contribution in [2.75, 3.05) is 20.2 Å². The van der Waals surface area contributed by atoms with Gasteiger partial charge in [-0.1, -0.05) is 0 Å². The van der Waals surface area contributed by atoms with E-state index in [0.717, 1.165) is 60.7 Å². The Morgan fingerprint density at radius 3 is 2.70 bits per heavy atom. The lowest BCUT2D eigenvalue weighted by atomic mass is 9.92. The zero-order chi connectivity index (χ0) is 18.3.